The Balaban J connectivity index is 2.19. The maximum Gasteiger partial charge on any atom is 0.331 e. The van der Waals surface area contributed by atoms with Gasteiger partial charge < -0.3 is 14.6 Å². The van der Waals surface area contributed by atoms with Gasteiger partial charge >= 0.3 is 5.69 Å². The summed E-state index contributed by atoms with van der Waals surface area (Å²) in [7, 11) is 3.08. The number of carbonyl (C=O) groups excluding carboxylic acids is 1. The average molecular weight is 303 g/mol. The van der Waals surface area contributed by atoms with E-state index in [1.807, 2.05) is 0 Å². The molecule has 2 rings (SSSR count). The highest BCUT2D eigenvalue weighted by atomic mass is 16.5. The molecule has 1 N–H and O–H groups in total. The molecule has 1 heterocycles. The van der Waals surface area contributed by atoms with Crippen molar-refractivity contribution in [2.75, 3.05) is 12.4 Å². The molecule has 1 aromatic carbocycles. The number of aryl methyl sites for hydroxylation is 2. The van der Waals surface area contributed by atoms with Crippen LogP contribution in [0.1, 0.15) is 5.56 Å². The number of aromatic nitrogens is 2. The molecule has 0 saturated carbocycles. The fourth-order valence-electron chi connectivity index (χ4n) is 2.05. The van der Waals surface area contributed by atoms with Gasteiger partial charge in [0.05, 0.1) is 7.11 Å². The van der Waals surface area contributed by atoms with Crippen LogP contribution in [0.3, 0.4) is 0 Å². The lowest BCUT2D eigenvalue weighted by atomic mass is 10.3. The molecule has 0 fully saturated rings. The number of benzene rings is 1. The second-order valence-electron chi connectivity index (χ2n) is 4.87. The summed E-state index contributed by atoms with van der Waals surface area (Å²) < 4.78 is 7.21. The largest absolute Gasteiger partial charge is 0.497 e. The van der Waals surface area contributed by atoms with Crippen molar-refractivity contribution in [1.82, 2.24) is 9.13 Å². The van der Waals surface area contributed by atoms with Crippen molar-refractivity contribution >= 4 is 11.6 Å². The summed E-state index contributed by atoms with van der Waals surface area (Å²) in [5, 5.41) is 2.63. The highest BCUT2D eigenvalue weighted by Gasteiger charge is 2.11. The Hall–Kier alpha value is -2.83. The molecule has 0 aliphatic rings. The summed E-state index contributed by atoms with van der Waals surface area (Å²) in [5.41, 5.74) is -0.0314. The molecule has 1 aromatic heterocycles. The molecule has 0 atom stereocenters. The quantitative estimate of drug-likeness (QED) is 0.892. The monoisotopic (exact) mass is 303 g/mol. The SMILES string of the molecule is COc1ccc(NC(=O)Cn2c(=O)c(C)cn(C)c2=O)cc1. The van der Waals surface area contributed by atoms with Crippen molar-refractivity contribution in [3.8, 4) is 5.75 Å². The zero-order chi connectivity index (χ0) is 16.3. The van der Waals surface area contributed by atoms with Crippen LogP contribution in [0.2, 0.25) is 0 Å². The van der Waals surface area contributed by atoms with E-state index >= 15 is 0 Å². The van der Waals surface area contributed by atoms with E-state index in [-0.39, 0.29) is 6.54 Å². The van der Waals surface area contributed by atoms with Crippen LogP contribution in [0.15, 0.2) is 40.1 Å². The maximum absolute atomic E-state index is 12.0. The number of rotatable bonds is 4. The number of nitrogens with one attached hydrogen (secondary N) is 1. The second-order valence-corrected chi connectivity index (χ2v) is 4.87. The number of hydrogen-bond acceptors (Lipinski definition) is 4. The summed E-state index contributed by atoms with van der Waals surface area (Å²) in [6, 6.07) is 6.75. The van der Waals surface area contributed by atoms with Gasteiger partial charge in [0.2, 0.25) is 5.91 Å². The van der Waals surface area contributed by atoms with Crippen LogP contribution < -0.4 is 21.3 Å². The molecule has 0 unspecified atom stereocenters. The van der Waals surface area contributed by atoms with E-state index in [4.69, 9.17) is 4.74 Å². The molecule has 116 valence electrons. The van der Waals surface area contributed by atoms with E-state index in [0.717, 1.165) is 4.57 Å². The molecule has 7 nitrogen and oxygen atoms in total. The summed E-state index contributed by atoms with van der Waals surface area (Å²) >= 11 is 0. The van der Waals surface area contributed by atoms with E-state index in [1.54, 1.807) is 38.3 Å². The van der Waals surface area contributed by atoms with Gasteiger partial charge in [-0.15, -0.1) is 0 Å². The molecule has 1 amide bonds. The average Bonchev–Trinajstić information content (AvgIpc) is 2.50. The lowest BCUT2D eigenvalue weighted by Crippen LogP contribution is -2.42. The first-order chi connectivity index (χ1) is 10.4. The van der Waals surface area contributed by atoms with Crippen molar-refractivity contribution in [2.24, 2.45) is 7.05 Å². The van der Waals surface area contributed by atoms with Crippen LogP contribution >= 0.6 is 0 Å². The molecule has 0 spiro atoms. The molecular weight excluding hydrogens is 286 g/mol. The number of carbonyl (C=O) groups is 1. The van der Waals surface area contributed by atoms with Gasteiger partial charge in [0.15, 0.2) is 0 Å². The number of methoxy groups -OCH3 is 1. The summed E-state index contributed by atoms with van der Waals surface area (Å²) in [5.74, 6) is 0.219. The van der Waals surface area contributed by atoms with Crippen LogP contribution in [-0.4, -0.2) is 22.2 Å². The van der Waals surface area contributed by atoms with Crippen molar-refractivity contribution in [3.63, 3.8) is 0 Å². The van der Waals surface area contributed by atoms with Gasteiger partial charge in [-0.05, 0) is 31.2 Å². The van der Waals surface area contributed by atoms with Crippen LogP contribution in [0.25, 0.3) is 0 Å². The van der Waals surface area contributed by atoms with Crippen LogP contribution in [0, 0.1) is 6.92 Å². The Labute approximate surface area is 126 Å². The Kier molecular flexibility index (Phi) is 4.45. The van der Waals surface area contributed by atoms with Gasteiger partial charge in [0.1, 0.15) is 12.3 Å². The molecule has 0 radical (unpaired) electrons. The standard InChI is InChI=1S/C15H17N3O4/c1-10-8-17(2)15(21)18(14(10)20)9-13(19)16-11-4-6-12(22-3)7-5-11/h4-8H,9H2,1-3H3,(H,16,19). The van der Waals surface area contributed by atoms with E-state index < -0.39 is 17.2 Å². The van der Waals surface area contributed by atoms with Crippen molar-refractivity contribution in [1.29, 1.82) is 0 Å². The lowest BCUT2D eigenvalue weighted by Gasteiger charge is -2.09. The fourth-order valence-corrected chi connectivity index (χ4v) is 2.05. The van der Waals surface area contributed by atoms with Crippen LogP contribution in [-0.2, 0) is 18.4 Å². The van der Waals surface area contributed by atoms with Gasteiger partial charge in [0, 0.05) is 24.5 Å². The molecule has 0 bridgehead atoms. The molecule has 7 heteroatoms. The minimum Gasteiger partial charge on any atom is -0.497 e. The first-order valence-electron chi connectivity index (χ1n) is 6.63. The van der Waals surface area contributed by atoms with Gasteiger partial charge in [-0.2, -0.15) is 0 Å². The molecular formula is C15H17N3O4. The van der Waals surface area contributed by atoms with Gasteiger partial charge in [-0.1, -0.05) is 0 Å². The Morgan fingerprint density at radius 3 is 2.45 bits per heavy atom. The van der Waals surface area contributed by atoms with E-state index in [2.05, 4.69) is 5.32 Å². The Morgan fingerprint density at radius 1 is 1.23 bits per heavy atom. The third kappa shape index (κ3) is 3.25. The van der Waals surface area contributed by atoms with E-state index in [1.165, 1.54) is 17.8 Å². The second kappa shape index (κ2) is 6.30. The highest BCUT2D eigenvalue weighted by Crippen LogP contribution is 2.14. The van der Waals surface area contributed by atoms with Gasteiger partial charge in [0.25, 0.3) is 5.56 Å². The van der Waals surface area contributed by atoms with E-state index in [0.29, 0.717) is 17.0 Å². The van der Waals surface area contributed by atoms with Gasteiger partial charge in [-0.3, -0.25) is 14.2 Å². The number of hydrogen-bond donors (Lipinski definition) is 1. The smallest absolute Gasteiger partial charge is 0.331 e. The Bertz CT molecular complexity index is 769. The van der Waals surface area contributed by atoms with E-state index in [9.17, 15) is 14.4 Å². The normalized spacial score (nSPS) is 10.3. The van der Waals surface area contributed by atoms with Crippen molar-refractivity contribution in [2.45, 2.75) is 13.5 Å². The first kappa shape index (κ1) is 15.6. The minimum absolute atomic E-state index is 0.334. The number of nitrogens with zero attached hydrogens (tertiary/aromatic N) is 2. The van der Waals surface area contributed by atoms with Crippen LogP contribution in [0.5, 0.6) is 5.75 Å². The first-order valence-corrected chi connectivity index (χ1v) is 6.63. The summed E-state index contributed by atoms with van der Waals surface area (Å²) in [6.45, 7) is 1.26. The zero-order valence-corrected chi connectivity index (χ0v) is 12.6. The third-order valence-corrected chi connectivity index (χ3v) is 3.18. The van der Waals surface area contributed by atoms with Crippen LogP contribution in [0.4, 0.5) is 5.69 Å². The third-order valence-electron chi connectivity index (χ3n) is 3.18. The molecule has 0 saturated heterocycles. The summed E-state index contributed by atoms with van der Waals surface area (Å²) in [4.78, 5) is 35.9. The lowest BCUT2D eigenvalue weighted by molar-refractivity contribution is -0.116. The number of ether oxygens (including phenoxy) is 1. The fraction of sp³-hybridized carbons (Fsp3) is 0.267. The van der Waals surface area contributed by atoms with Crippen molar-refractivity contribution in [3.05, 3.63) is 56.9 Å². The predicted molar refractivity (Wildman–Crippen MR) is 82.3 cm³/mol. The number of anilines is 1. The number of amides is 1. The Morgan fingerprint density at radius 2 is 1.86 bits per heavy atom. The molecule has 0 aliphatic heterocycles. The highest BCUT2D eigenvalue weighted by molar-refractivity contribution is 5.90. The maximum atomic E-state index is 12.0. The predicted octanol–water partition coefficient (Wildman–Crippen LogP) is 0.503. The summed E-state index contributed by atoms with van der Waals surface area (Å²) in [6.07, 6.45) is 1.45. The molecule has 0 aliphatic carbocycles. The molecule has 2 aromatic rings. The van der Waals surface area contributed by atoms with Gasteiger partial charge in [-0.25, -0.2) is 4.79 Å². The molecule has 22 heavy (non-hydrogen) atoms. The van der Waals surface area contributed by atoms with Crippen molar-refractivity contribution < 1.29 is 9.53 Å². The topological polar surface area (TPSA) is 82.3 Å². The zero-order valence-electron chi connectivity index (χ0n) is 12.6. The minimum atomic E-state index is -0.527.